The van der Waals surface area contributed by atoms with Crippen LogP contribution in [0.3, 0.4) is 0 Å². The quantitative estimate of drug-likeness (QED) is 0.824. The third-order valence-corrected chi connectivity index (χ3v) is 3.36. The van der Waals surface area contributed by atoms with Crippen molar-refractivity contribution in [3.63, 3.8) is 0 Å². The fourth-order valence-corrected chi connectivity index (χ4v) is 2.39. The summed E-state index contributed by atoms with van der Waals surface area (Å²) >= 11 is 3.07. The Labute approximate surface area is 115 Å². The molecule has 2 aromatic carbocycles. The molecular weight excluding hydrogens is 326 g/mol. The fourth-order valence-electron chi connectivity index (χ4n) is 1.80. The Hall–Kier alpha value is -1.40. The van der Waals surface area contributed by atoms with Gasteiger partial charge in [-0.05, 0) is 12.1 Å². The van der Waals surface area contributed by atoms with Crippen LogP contribution >= 0.6 is 15.9 Å². The summed E-state index contributed by atoms with van der Waals surface area (Å²) in [6.07, 6.45) is 0. The SMILES string of the molecule is NC(c1c(F)cc(F)cc1F)c1c(F)cccc1Br. The largest absolute Gasteiger partial charge is 0.320 e. The first-order chi connectivity index (χ1) is 8.91. The molecule has 0 radical (unpaired) electrons. The standard InChI is InChI=1S/C13H8BrF4N/c14-7-2-1-3-8(16)11(7)13(19)12-9(17)4-6(15)5-10(12)18/h1-5,13H,19H2. The van der Waals surface area contributed by atoms with Gasteiger partial charge in [-0.2, -0.15) is 0 Å². The van der Waals surface area contributed by atoms with Gasteiger partial charge in [-0.1, -0.05) is 22.0 Å². The van der Waals surface area contributed by atoms with E-state index in [1.54, 1.807) is 0 Å². The summed E-state index contributed by atoms with van der Waals surface area (Å²) < 4.78 is 54.0. The van der Waals surface area contributed by atoms with Gasteiger partial charge in [-0.25, -0.2) is 17.6 Å². The molecule has 0 saturated heterocycles. The second-order valence-corrected chi connectivity index (χ2v) is 4.75. The molecule has 0 fully saturated rings. The van der Waals surface area contributed by atoms with Crippen molar-refractivity contribution < 1.29 is 17.6 Å². The molecule has 0 aliphatic carbocycles. The average molecular weight is 334 g/mol. The molecule has 19 heavy (non-hydrogen) atoms. The second-order valence-electron chi connectivity index (χ2n) is 3.90. The summed E-state index contributed by atoms with van der Waals surface area (Å²) in [5.41, 5.74) is 5.03. The van der Waals surface area contributed by atoms with E-state index in [-0.39, 0.29) is 10.0 Å². The number of nitrogens with two attached hydrogens (primary N) is 1. The van der Waals surface area contributed by atoms with Gasteiger partial charge in [0.05, 0.1) is 6.04 Å². The highest BCUT2D eigenvalue weighted by Crippen LogP contribution is 2.32. The molecule has 1 atom stereocenters. The Balaban J connectivity index is 2.60. The highest BCUT2D eigenvalue weighted by Gasteiger charge is 2.24. The monoisotopic (exact) mass is 333 g/mol. The second kappa shape index (κ2) is 5.30. The summed E-state index contributed by atoms with van der Waals surface area (Å²) in [7, 11) is 0. The molecule has 0 amide bonds. The third kappa shape index (κ3) is 2.64. The molecule has 2 aromatic rings. The van der Waals surface area contributed by atoms with Gasteiger partial charge < -0.3 is 5.73 Å². The minimum absolute atomic E-state index is 0.0908. The van der Waals surface area contributed by atoms with Gasteiger partial charge in [0, 0.05) is 27.7 Å². The molecule has 2 rings (SSSR count). The van der Waals surface area contributed by atoms with Gasteiger partial charge in [0.2, 0.25) is 0 Å². The lowest BCUT2D eigenvalue weighted by Gasteiger charge is -2.16. The Bertz CT molecular complexity index is 587. The van der Waals surface area contributed by atoms with Crippen molar-refractivity contribution in [1.29, 1.82) is 0 Å². The van der Waals surface area contributed by atoms with Crippen LogP contribution in [-0.2, 0) is 0 Å². The maximum atomic E-state index is 13.7. The fraction of sp³-hybridized carbons (Fsp3) is 0.0769. The predicted octanol–water partition coefficient (Wildman–Crippen LogP) is 4.05. The number of hydrogen-bond donors (Lipinski definition) is 1. The van der Waals surface area contributed by atoms with Crippen molar-refractivity contribution >= 4 is 15.9 Å². The summed E-state index contributed by atoms with van der Waals surface area (Å²) in [6, 6.07) is 3.68. The highest BCUT2D eigenvalue weighted by atomic mass is 79.9. The van der Waals surface area contributed by atoms with Crippen LogP contribution in [0.15, 0.2) is 34.8 Å². The van der Waals surface area contributed by atoms with Crippen molar-refractivity contribution in [3.05, 3.63) is 69.2 Å². The first-order valence-corrected chi connectivity index (χ1v) is 6.05. The molecule has 0 heterocycles. The number of halogens is 5. The molecule has 100 valence electrons. The minimum Gasteiger partial charge on any atom is -0.320 e. The van der Waals surface area contributed by atoms with Crippen LogP contribution in [0, 0.1) is 23.3 Å². The smallest absolute Gasteiger partial charge is 0.134 e. The highest BCUT2D eigenvalue weighted by molar-refractivity contribution is 9.10. The van der Waals surface area contributed by atoms with Crippen LogP contribution in [0.25, 0.3) is 0 Å². The number of benzene rings is 2. The Morgan fingerprint density at radius 3 is 2.00 bits per heavy atom. The summed E-state index contributed by atoms with van der Waals surface area (Å²) in [5.74, 6) is -4.07. The van der Waals surface area contributed by atoms with E-state index < -0.39 is 34.9 Å². The predicted molar refractivity (Wildman–Crippen MR) is 66.4 cm³/mol. The molecular formula is C13H8BrF4N. The van der Waals surface area contributed by atoms with Crippen LogP contribution in [0.2, 0.25) is 0 Å². The lowest BCUT2D eigenvalue weighted by atomic mass is 9.98. The maximum Gasteiger partial charge on any atom is 0.134 e. The summed E-state index contributed by atoms with van der Waals surface area (Å²) in [5, 5.41) is 0. The van der Waals surface area contributed by atoms with E-state index in [9.17, 15) is 17.6 Å². The van der Waals surface area contributed by atoms with Gasteiger partial charge in [0.15, 0.2) is 0 Å². The maximum absolute atomic E-state index is 13.7. The van der Waals surface area contributed by atoms with Crippen molar-refractivity contribution in [1.82, 2.24) is 0 Å². The topological polar surface area (TPSA) is 26.0 Å². The van der Waals surface area contributed by atoms with E-state index in [2.05, 4.69) is 15.9 Å². The molecule has 0 aliphatic rings. The van der Waals surface area contributed by atoms with Gasteiger partial charge in [0.25, 0.3) is 0 Å². The molecule has 2 N–H and O–H groups in total. The van der Waals surface area contributed by atoms with Crippen molar-refractivity contribution in [2.75, 3.05) is 0 Å². The van der Waals surface area contributed by atoms with E-state index in [1.807, 2.05) is 0 Å². The zero-order chi connectivity index (χ0) is 14.2. The minimum atomic E-state index is -1.38. The van der Waals surface area contributed by atoms with Crippen LogP contribution in [0.1, 0.15) is 17.2 Å². The zero-order valence-corrected chi connectivity index (χ0v) is 11.0. The van der Waals surface area contributed by atoms with Crippen molar-refractivity contribution in [2.45, 2.75) is 6.04 Å². The first-order valence-electron chi connectivity index (χ1n) is 5.25. The Kier molecular flexibility index (Phi) is 3.91. The first kappa shape index (κ1) is 14.0. The van der Waals surface area contributed by atoms with Gasteiger partial charge >= 0.3 is 0 Å². The van der Waals surface area contributed by atoms with Crippen molar-refractivity contribution in [3.8, 4) is 0 Å². The Morgan fingerprint density at radius 1 is 0.895 bits per heavy atom. The van der Waals surface area contributed by atoms with E-state index in [1.165, 1.54) is 12.1 Å². The normalized spacial score (nSPS) is 12.5. The van der Waals surface area contributed by atoms with Crippen LogP contribution in [0.5, 0.6) is 0 Å². The Morgan fingerprint density at radius 2 is 1.47 bits per heavy atom. The molecule has 1 nitrogen and oxygen atoms in total. The molecule has 1 unspecified atom stereocenters. The lowest BCUT2D eigenvalue weighted by Crippen LogP contribution is -2.18. The van der Waals surface area contributed by atoms with Crippen LogP contribution < -0.4 is 5.73 Å². The lowest BCUT2D eigenvalue weighted by molar-refractivity contribution is 0.509. The van der Waals surface area contributed by atoms with Crippen molar-refractivity contribution in [2.24, 2.45) is 5.73 Å². The van der Waals surface area contributed by atoms with E-state index >= 15 is 0 Å². The summed E-state index contributed by atoms with van der Waals surface area (Å²) in [4.78, 5) is 0. The molecule has 0 bridgehead atoms. The van der Waals surface area contributed by atoms with Gasteiger partial charge in [-0.15, -0.1) is 0 Å². The molecule has 0 spiro atoms. The molecule has 0 saturated carbocycles. The number of hydrogen-bond acceptors (Lipinski definition) is 1. The van der Waals surface area contributed by atoms with Gasteiger partial charge in [0.1, 0.15) is 23.3 Å². The molecule has 0 aliphatic heterocycles. The summed E-state index contributed by atoms with van der Waals surface area (Å²) in [6.45, 7) is 0. The van der Waals surface area contributed by atoms with Crippen LogP contribution in [0.4, 0.5) is 17.6 Å². The van der Waals surface area contributed by atoms with Gasteiger partial charge in [-0.3, -0.25) is 0 Å². The third-order valence-electron chi connectivity index (χ3n) is 2.67. The van der Waals surface area contributed by atoms with E-state index in [0.717, 1.165) is 6.07 Å². The molecule has 6 heteroatoms. The van der Waals surface area contributed by atoms with E-state index in [4.69, 9.17) is 5.73 Å². The zero-order valence-electron chi connectivity index (χ0n) is 9.43. The van der Waals surface area contributed by atoms with E-state index in [0.29, 0.717) is 12.1 Å². The van der Waals surface area contributed by atoms with Crippen LogP contribution in [-0.4, -0.2) is 0 Å². The number of rotatable bonds is 2. The average Bonchev–Trinajstić information content (AvgIpc) is 2.26. The molecule has 0 aromatic heterocycles.